The summed E-state index contributed by atoms with van der Waals surface area (Å²) in [5, 5.41) is 10.1. The van der Waals surface area contributed by atoms with Crippen molar-refractivity contribution in [1.82, 2.24) is 0 Å². The number of ether oxygens (including phenoxy) is 5. The Morgan fingerprint density at radius 2 is 1.68 bits per heavy atom. The van der Waals surface area contributed by atoms with E-state index in [9.17, 15) is 5.11 Å². The molecule has 0 spiro atoms. The Hall–Kier alpha value is -1.02. The molecule has 1 aliphatic carbocycles. The van der Waals surface area contributed by atoms with Crippen LogP contribution in [0.3, 0.4) is 0 Å². The van der Waals surface area contributed by atoms with E-state index in [1.54, 1.807) is 0 Å². The van der Waals surface area contributed by atoms with Crippen molar-refractivity contribution in [2.45, 2.75) is 114 Å². The van der Waals surface area contributed by atoms with Gasteiger partial charge in [0, 0.05) is 26.1 Å². The van der Waals surface area contributed by atoms with E-state index in [-0.39, 0.29) is 30.9 Å². The van der Waals surface area contributed by atoms with Gasteiger partial charge in [-0.15, -0.1) is 0 Å². The van der Waals surface area contributed by atoms with Crippen molar-refractivity contribution in [2.24, 2.45) is 11.8 Å². The Kier molecular flexibility index (Phi) is 8.91. The highest BCUT2D eigenvalue weighted by Gasteiger charge is 2.50. The van der Waals surface area contributed by atoms with Crippen LogP contribution in [0.25, 0.3) is 0 Å². The molecule has 5 rings (SSSR count). The van der Waals surface area contributed by atoms with Crippen molar-refractivity contribution in [1.29, 1.82) is 0 Å². The van der Waals surface area contributed by atoms with E-state index >= 15 is 0 Å². The van der Waals surface area contributed by atoms with Crippen LogP contribution in [0, 0.1) is 11.8 Å². The van der Waals surface area contributed by atoms with Gasteiger partial charge in [0.15, 0.2) is 18.9 Å². The van der Waals surface area contributed by atoms with E-state index < -0.39 is 6.29 Å². The zero-order valence-corrected chi connectivity index (χ0v) is 20.4. The molecule has 3 aliphatic heterocycles. The highest BCUT2D eigenvalue weighted by Crippen LogP contribution is 2.47. The first-order chi connectivity index (χ1) is 16.7. The molecule has 5 unspecified atom stereocenters. The first-order valence-electron chi connectivity index (χ1n) is 13.7. The summed E-state index contributed by atoms with van der Waals surface area (Å²) in [5.41, 5.74) is 1.35. The summed E-state index contributed by atoms with van der Waals surface area (Å²) in [6.45, 7) is 1.59. The van der Waals surface area contributed by atoms with Crippen molar-refractivity contribution >= 4 is 0 Å². The molecule has 190 valence electrons. The van der Waals surface area contributed by atoms with Gasteiger partial charge in [-0.25, -0.2) is 0 Å². The number of hydrogen-bond acceptors (Lipinski definition) is 6. The topological polar surface area (TPSA) is 66.4 Å². The Morgan fingerprint density at radius 3 is 2.41 bits per heavy atom. The first kappa shape index (κ1) is 24.7. The van der Waals surface area contributed by atoms with Gasteiger partial charge in [0.2, 0.25) is 0 Å². The second-order valence-electron chi connectivity index (χ2n) is 10.6. The minimum absolute atomic E-state index is 0.0785. The fraction of sp³-hybridized carbons (Fsp3) is 0.786. The molecule has 1 aromatic rings. The van der Waals surface area contributed by atoms with Crippen molar-refractivity contribution < 1.29 is 28.8 Å². The summed E-state index contributed by atoms with van der Waals surface area (Å²) in [6.07, 6.45) is 11.7. The molecule has 3 heterocycles. The highest BCUT2D eigenvalue weighted by atomic mass is 16.7. The first-order valence-corrected chi connectivity index (χ1v) is 13.7. The molecular formula is C28H42O6. The quantitative estimate of drug-likeness (QED) is 0.517. The molecule has 6 heteroatoms. The van der Waals surface area contributed by atoms with Crippen molar-refractivity contribution in [3.05, 3.63) is 35.9 Å². The normalized spacial score (nSPS) is 36.9. The molecule has 8 atom stereocenters. The van der Waals surface area contributed by atoms with Gasteiger partial charge in [0.25, 0.3) is 0 Å². The second-order valence-corrected chi connectivity index (χ2v) is 10.6. The number of aryl methyl sites for hydroxylation is 1. The maximum atomic E-state index is 10.1. The van der Waals surface area contributed by atoms with E-state index in [4.69, 9.17) is 23.7 Å². The Balaban J connectivity index is 1.21. The van der Waals surface area contributed by atoms with Crippen molar-refractivity contribution in [3.63, 3.8) is 0 Å². The van der Waals surface area contributed by atoms with E-state index in [2.05, 4.69) is 30.3 Å². The third kappa shape index (κ3) is 6.59. The van der Waals surface area contributed by atoms with Gasteiger partial charge in [0.1, 0.15) is 0 Å². The lowest BCUT2D eigenvalue weighted by molar-refractivity contribution is -0.203. The Bertz CT molecular complexity index is 717. The molecular weight excluding hydrogens is 432 g/mol. The van der Waals surface area contributed by atoms with Gasteiger partial charge in [-0.1, -0.05) is 30.3 Å². The predicted molar refractivity (Wildman–Crippen MR) is 128 cm³/mol. The van der Waals surface area contributed by atoms with Crippen molar-refractivity contribution in [3.8, 4) is 0 Å². The van der Waals surface area contributed by atoms with Crippen LogP contribution in [0.5, 0.6) is 0 Å². The Morgan fingerprint density at radius 1 is 0.912 bits per heavy atom. The van der Waals surface area contributed by atoms with Crippen LogP contribution < -0.4 is 0 Å². The molecule has 34 heavy (non-hydrogen) atoms. The van der Waals surface area contributed by atoms with Crippen LogP contribution in [0.2, 0.25) is 0 Å². The van der Waals surface area contributed by atoms with Crippen LogP contribution in [0.15, 0.2) is 30.3 Å². The molecule has 0 radical (unpaired) electrons. The van der Waals surface area contributed by atoms with Gasteiger partial charge in [0.05, 0.1) is 18.3 Å². The van der Waals surface area contributed by atoms with E-state index in [1.165, 1.54) is 18.4 Å². The number of rotatable bonds is 10. The average molecular weight is 475 g/mol. The zero-order valence-electron chi connectivity index (χ0n) is 20.4. The van der Waals surface area contributed by atoms with E-state index in [1.807, 2.05) is 0 Å². The third-order valence-corrected chi connectivity index (χ3v) is 8.14. The number of aliphatic hydroxyl groups excluding tert-OH is 1. The number of hydrogen-bond donors (Lipinski definition) is 1. The molecule has 0 aromatic heterocycles. The molecule has 4 aliphatic rings. The van der Waals surface area contributed by atoms with Crippen LogP contribution in [-0.4, -0.2) is 55.5 Å². The largest absolute Gasteiger partial charge is 0.368 e. The van der Waals surface area contributed by atoms with Crippen LogP contribution >= 0.6 is 0 Å². The molecule has 0 bridgehead atoms. The van der Waals surface area contributed by atoms with Gasteiger partial charge in [-0.3, -0.25) is 0 Å². The summed E-state index contributed by atoms with van der Waals surface area (Å²) in [6, 6.07) is 10.7. The van der Waals surface area contributed by atoms with E-state index in [0.717, 1.165) is 71.0 Å². The predicted octanol–water partition coefficient (Wildman–Crippen LogP) is 4.97. The number of fused-ring (bicyclic) bond motifs is 1. The average Bonchev–Trinajstić information content (AvgIpc) is 3.38. The van der Waals surface area contributed by atoms with Crippen LogP contribution in [0.4, 0.5) is 0 Å². The third-order valence-electron chi connectivity index (χ3n) is 8.14. The minimum atomic E-state index is -0.634. The lowest BCUT2D eigenvalue weighted by Crippen LogP contribution is -2.33. The molecule has 6 nitrogen and oxygen atoms in total. The fourth-order valence-electron chi connectivity index (χ4n) is 6.34. The molecule has 0 amide bonds. The monoisotopic (exact) mass is 474 g/mol. The number of aliphatic hydroxyl groups is 1. The van der Waals surface area contributed by atoms with Gasteiger partial charge < -0.3 is 28.8 Å². The minimum Gasteiger partial charge on any atom is -0.368 e. The SMILES string of the molecule is OC1CC2C(C[C@@H](OC3CCCCO3)[C@@H]2CC[C@H](CCc2ccccc2)OC2CCCCO2)O1. The highest BCUT2D eigenvalue weighted by molar-refractivity contribution is 5.14. The lowest BCUT2D eigenvalue weighted by atomic mass is 9.86. The standard InChI is InChI=1S/C28H42O6/c29-26-18-23-22(24(19-25(23)33-26)34-28-11-5-7-17-31-28)15-14-21(32-27-10-4-6-16-30-27)13-12-20-8-2-1-3-9-20/h1-3,8-9,21-29H,4-7,10-19H2/t21-,22+,23?,24+,25?,26?,27?,28?/m0/s1. The van der Waals surface area contributed by atoms with Gasteiger partial charge in [-0.05, 0) is 81.6 Å². The summed E-state index contributed by atoms with van der Waals surface area (Å²) < 4.78 is 30.7. The second kappa shape index (κ2) is 12.3. The van der Waals surface area contributed by atoms with Gasteiger partial charge >= 0.3 is 0 Å². The zero-order chi connectivity index (χ0) is 23.2. The smallest absolute Gasteiger partial charge is 0.157 e. The fourth-order valence-corrected chi connectivity index (χ4v) is 6.34. The molecule has 4 fully saturated rings. The summed E-state index contributed by atoms with van der Waals surface area (Å²) in [7, 11) is 0. The summed E-state index contributed by atoms with van der Waals surface area (Å²) >= 11 is 0. The number of benzene rings is 1. The molecule has 1 aromatic carbocycles. The van der Waals surface area contributed by atoms with Crippen LogP contribution in [-0.2, 0) is 30.1 Å². The van der Waals surface area contributed by atoms with Gasteiger partial charge in [-0.2, -0.15) is 0 Å². The molecule has 1 saturated carbocycles. The summed E-state index contributed by atoms with van der Waals surface area (Å²) in [5.74, 6) is 0.715. The lowest BCUT2D eigenvalue weighted by Gasteiger charge is -2.32. The maximum Gasteiger partial charge on any atom is 0.157 e. The van der Waals surface area contributed by atoms with Crippen LogP contribution in [0.1, 0.15) is 76.2 Å². The maximum absolute atomic E-state index is 10.1. The molecule has 1 N–H and O–H groups in total. The summed E-state index contributed by atoms with van der Waals surface area (Å²) in [4.78, 5) is 0. The van der Waals surface area contributed by atoms with E-state index in [0.29, 0.717) is 18.3 Å². The Labute approximate surface area is 204 Å². The van der Waals surface area contributed by atoms with Crippen molar-refractivity contribution in [2.75, 3.05) is 13.2 Å². The molecule has 3 saturated heterocycles.